The van der Waals surface area contributed by atoms with Crippen molar-refractivity contribution in [1.82, 2.24) is 9.88 Å². The van der Waals surface area contributed by atoms with Gasteiger partial charge in [0.2, 0.25) is 0 Å². The molecule has 1 aliphatic rings. The molecule has 0 amide bonds. The summed E-state index contributed by atoms with van der Waals surface area (Å²) < 4.78 is 6.69. The van der Waals surface area contributed by atoms with E-state index in [-0.39, 0.29) is 5.76 Å². The van der Waals surface area contributed by atoms with Crippen molar-refractivity contribution in [3.8, 4) is 0 Å². The van der Waals surface area contributed by atoms with Crippen molar-refractivity contribution in [3.63, 3.8) is 0 Å². The largest absolute Gasteiger partial charge is 0.419 e. The average Bonchev–Trinajstić information content (AvgIpc) is 2.63. The number of benzene rings is 1. The summed E-state index contributed by atoms with van der Waals surface area (Å²) in [6.07, 6.45) is 2.25. The number of aromatic nitrogens is 1. The van der Waals surface area contributed by atoms with Crippen molar-refractivity contribution < 1.29 is 4.42 Å². The molecule has 19 heavy (non-hydrogen) atoms. The second kappa shape index (κ2) is 4.83. The number of fused-ring (bicyclic) bond motifs is 1. The number of nitrogens with one attached hydrogen (secondary N) is 1. The Morgan fingerprint density at radius 2 is 2.26 bits per heavy atom. The molecule has 5 heteroatoms. The highest BCUT2D eigenvalue weighted by Crippen LogP contribution is 2.24. The summed E-state index contributed by atoms with van der Waals surface area (Å²) in [6.45, 7) is 1.80. The van der Waals surface area contributed by atoms with Crippen LogP contribution in [0.2, 0.25) is 0 Å². The number of hydrogen-bond donors (Lipinski definition) is 2. The van der Waals surface area contributed by atoms with Crippen molar-refractivity contribution in [3.05, 3.63) is 34.3 Å². The van der Waals surface area contributed by atoms with E-state index in [4.69, 9.17) is 10.2 Å². The summed E-state index contributed by atoms with van der Waals surface area (Å²) >= 11 is 0. The van der Waals surface area contributed by atoms with E-state index in [1.807, 2.05) is 18.2 Å². The third-order valence-corrected chi connectivity index (χ3v) is 3.89. The highest BCUT2D eigenvalue weighted by atomic mass is 16.4. The van der Waals surface area contributed by atoms with Crippen LogP contribution in [0.3, 0.4) is 0 Å². The molecule has 1 aliphatic carbocycles. The van der Waals surface area contributed by atoms with E-state index in [0.29, 0.717) is 17.5 Å². The van der Waals surface area contributed by atoms with Crippen LogP contribution in [0.4, 0.5) is 0 Å². The molecular formula is C14H19N3O2. The smallest absolute Gasteiger partial charge is 0.408 e. The van der Waals surface area contributed by atoms with Crippen LogP contribution in [0, 0.1) is 5.92 Å². The predicted molar refractivity (Wildman–Crippen MR) is 73.9 cm³/mol. The number of nitrogens with two attached hydrogens (primary N) is 1. The summed E-state index contributed by atoms with van der Waals surface area (Å²) in [5, 5.41) is 3.43. The molecule has 0 aliphatic heterocycles. The van der Waals surface area contributed by atoms with E-state index >= 15 is 0 Å². The van der Waals surface area contributed by atoms with Gasteiger partial charge in [0.15, 0.2) is 5.58 Å². The van der Waals surface area contributed by atoms with Gasteiger partial charge in [0.1, 0.15) is 0 Å². The van der Waals surface area contributed by atoms with Gasteiger partial charge in [0, 0.05) is 19.6 Å². The maximum atomic E-state index is 11.4. The van der Waals surface area contributed by atoms with Gasteiger partial charge in [-0.25, -0.2) is 4.79 Å². The molecule has 1 aromatic carbocycles. The number of aryl methyl sites for hydroxylation is 1. The standard InChI is InChI=1S/C14H19N3O2/c1-17-12-3-2-9(6-13(12)19-14(17)18)7-16-8-10-4-11(15)5-10/h2-3,6,10-11,16H,4-5,7-8,15H2,1H3. The lowest BCUT2D eigenvalue weighted by Gasteiger charge is -2.32. The van der Waals surface area contributed by atoms with Crippen LogP contribution in [0.25, 0.3) is 11.1 Å². The first kappa shape index (κ1) is 12.4. The molecule has 1 aromatic heterocycles. The third-order valence-electron chi connectivity index (χ3n) is 3.89. The minimum atomic E-state index is -0.316. The predicted octanol–water partition coefficient (Wildman–Crippen LogP) is 0.958. The molecule has 0 spiro atoms. The Balaban J connectivity index is 1.63. The molecule has 102 valence electrons. The zero-order valence-electron chi connectivity index (χ0n) is 11.1. The van der Waals surface area contributed by atoms with E-state index in [0.717, 1.165) is 37.0 Å². The van der Waals surface area contributed by atoms with Crippen LogP contribution < -0.4 is 16.8 Å². The monoisotopic (exact) mass is 261 g/mol. The van der Waals surface area contributed by atoms with Crippen LogP contribution in [-0.4, -0.2) is 17.2 Å². The molecular weight excluding hydrogens is 242 g/mol. The molecule has 0 unspecified atom stereocenters. The summed E-state index contributed by atoms with van der Waals surface area (Å²) in [6, 6.07) is 6.28. The Kier molecular flexibility index (Phi) is 3.16. The highest BCUT2D eigenvalue weighted by molar-refractivity contribution is 5.73. The fraction of sp³-hybridized carbons (Fsp3) is 0.500. The minimum absolute atomic E-state index is 0.316. The number of nitrogens with zero attached hydrogens (tertiary/aromatic N) is 1. The maximum Gasteiger partial charge on any atom is 0.419 e. The maximum absolute atomic E-state index is 11.4. The molecule has 2 aromatic rings. The normalized spacial score (nSPS) is 22.6. The van der Waals surface area contributed by atoms with Gasteiger partial charge < -0.3 is 15.5 Å². The van der Waals surface area contributed by atoms with E-state index < -0.39 is 0 Å². The zero-order valence-corrected chi connectivity index (χ0v) is 11.1. The van der Waals surface area contributed by atoms with E-state index in [1.165, 1.54) is 4.57 Å². The van der Waals surface area contributed by atoms with Gasteiger partial charge >= 0.3 is 5.76 Å². The van der Waals surface area contributed by atoms with Gasteiger partial charge in [-0.05, 0) is 43.0 Å². The first-order chi connectivity index (χ1) is 9.13. The van der Waals surface area contributed by atoms with Gasteiger partial charge in [-0.2, -0.15) is 0 Å². The third kappa shape index (κ3) is 2.43. The molecule has 0 atom stereocenters. The Morgan fingerprint density at radius 3 is 3.00 bits per heavy atom. The second-order valence-corrected chi connectivity index (χ2v) is 5.46. The van der Waals surface area contributed by atoms with Gasteiger partial charge in [0.05, 0.1) is 5.52 Å². The summed E-state index contributed by atoms with van der Waals surface area (Å²) in [4.78, 5) is 11.4. The molecule has 0 radical (unpaired) electrons. The van der Waals surface area contributed by atoms with Crippen molar-refractivity contribution in [1.29, 1.82) is 0 Å². The first-order valence-electron chi connectivity index (χ1n) is 6.68. The van der Waals surface area contributed by atoms with E-state index in [9.17, 15) is 4.79 Å². The van der Waals surface area contributed by atoms with Gasteiger partial charge in [0.25, 0.3) is 0 Å². The minimum Gasteiger partial charge on any atom is -0.408 e. The Labute approximate surface area is 111 Å². The van der Waals surface area contributed by atoms with Crippen molar-refractivity contribution in [2.24, 2.45) is 18.7 Å². The lowest BCUT2D eigenvalue weighted by atomic mass is 9.81. The number of hydrogen-bond acceptors (Lipinski definition) is 4. The van der Waals surface area contributed by atoms with Gasteiger partial charge in [-0.3, -0.25) is 4.57 Å². The van der Waals surface area contributed by atoms with Crippen LogP contribution in [0.5, 0.6) is 0 Å². The molecule has 0 bridgehead atoms. The van der Waals surface area contributed by atoms with Crippen molar-refractivity contribution >= 4 is 11.1 Å². The summed E-state index contributed by atoms with van der Waals surface area (Å²) in [5.74, 6) is 0.400. The van der Waals surface area contributed by atoms with Crippen LogP contribution in [0.15, 0.2) is 27.4 Å². The zero-order chi connectivity index (χ0) is 13.4. The van der Waals surface area contributed by atoms with Crippen molar-refractivity contribution in [2.45, 2.75) is 25.4 Å². The quantitative estimate of drug-likeness (QED) is 0.859. The summed E-state index contributed by atoms with van der Waals surface area (Å²) in [5.41, 5.74) is 8.37. The summed E-state index contributed by atoms with van der Waals surface area (Å²) in [7, 11) is 1.71. The fourth-order valence-corrected chi connectivity index (χ4v) is 2.66. The molecule has 3 N–H and O–H groups in total. The Hall–Kier alpha value is -1.59. The second-order valence-electron chi connectivity index (χ2n) is 5.46. The fourth-order valence-electron chi connectivity index (χ4n) is 2.66. The van der Waals surface area contributed by atoms with Crippen LogP contribution in [-0.2, 0) is 13.6 Å². The van der Waals surface area contributed by atoms with Crippen LogP contribution >= 0.6 is 0 Å². The first-order valence-corrected chi connectivity index (χ1v) is 6.68. The molecule has 3 rings (SSSR count). The number of rotatable bonds is 4. The average molecular weight is 261 g/mol. The van der Waals surface area contributed by atoms with Gasteiger partial charge in [-0.1, -0.05) is 6.07 Å². The lowest BCUT2D eigenvalue weighted by Crippen LogP contribution is -2.41. The Morgan fingerprint density at radius 1 is 1.47 bits per heavy atom. The van der Waals surface area contributed by atoms with E-state index in [1.54, 1.807) is 7.05 Å². The SMILES string of the molecule is Cn1c(=O)oc2cc(CNCC3CC(N)C3)ccc21. The molecule has 1 heterocycles. The van der Waals surface area contributed by atoms with Gasteiger partial charge in [-0.15, -0.1) is 0 Å². The van der Waals surface area contributed by atoms with Crippen LogP contribution in [0.1, 0.15) is 18.4 Å². The molecule has 0 saturated heterocycles. The molecule has 1 fully saturated rings. The molecule has 5 nitrogen and oxygen atoms in total. The van der Waals surface area contributed by atoms with E-state index in [2.05, 4.69) is 5.32 Å². The Bertz CT molecular complexity index is 638. The highest BCUT2D eigenvalue weighted by Gasteiger charge is 2.24. The lowest BCUT2D eigenvalue weighted by molar-refractivity contribution is 0.256. The number of oxazole rings is 1. The molecule has 1 saturated carbocycles. The topological polar surface area (TPSA) is 73.2 Å². The van der Waals surface area contributed by atoms with Crippen molar-refractivity contribution in [2.75, 3.05) is 6.54 Å².